The molecule has 176 valence electrons. The van der Waals surface area contributed by atoms with Crippen molar-refractivity contribution in [3.63, 3.8) is 0 Å². The van der Waals surface area contributed by atoms with Crippen LogP contribution in [0.2, 0.25) is 22.0 Å². The molecule has 0 aromatic carbocycles. The fraction of sp³-hybridized carbons (Fsp3) is 0.833. The van der Waals surface area contributed by atoms with Gasteiger partial charge in [0.25, 0.3) is 0 Å². The summed E-state index contributed by atoms with van der Waals surface area (Å²) in [6, 6.07) is 0.934. The van der Waals surface area contributed by atoms with Gasteiger partial charge in [-0.1, -0.05) is 6.42 Å². The number of hydrogen-bond donors (Lipinski definition) is 0. The zero-order valence-corrected chi connectivity index (χ0v) is 23.4. The molecule has 0 N–H and O–H groups in total. The van der Waals surface area contributed by atoms with Gasteiger partial charge in [-0.05, 0) is 6.42 Å². The molecule has 0 amide bonds. The summed E-state index contributed by atoms with van der Waals surface area (Å²) < 4.78 is 18.3. The molecule has 0 radical (unpaired) electrons. The molecule has 5 heteroatoms. The fourth-order valence-corrected chi connectivity index (χ4v) is 10.1. The maximum absolute atomic E-state index is 5.48. The molecule has 0 atom stereocenters. The first-order valence-corrected chi connectivity index (χ1v) is 21.2. The Bertz CT molecular complexity index is 485. The predicted molar refractivity (Wildman–Crippen MR) is 125 cm³/mol. The van der Waals surface area contributed by atoms with Gasteiger partial charge in [-0.2, -0.15) is 0 Å². The van der Waals surface area contributed by atoms with Crippen molar-refractivity contribution >= 4 is 8.80 Å². The van der Waals surface area contributed by atoms with Crippen LogP contribution >= 0.6 is 0 Å². The van der Waals surface area contributed by atoms with Crippen molar-refractivity contribution in [1.29, 1.82) is 0 Å². The zero-order chi connectivity index (χ0) is 21.6. The fourth-order valence-electron chi connectivity index (χ4n) is 4.03. The summed E-state index contributed by atoms with van der Waals surface area (Å²) >= 11 is -1.54. The molecule has 0 saturated carbocycles. The molecule has 0 aromatic rings. The van der Waals surface area contributed by atoms with Crippen LogP contribution in [-0.4, -0.2) is 30.1 Å². The van der Waals surface area contributed by atoms with E-state index >= 15 is 0 Å². The van der Waals surface area contributed by atoms with Gasteiger partial charge in [0.15, 0.2) is 0 Å². The van der Waals surface area contributed by atoms with Gasteiger partial charge in [0, 0.05) is 27.4 Å². The number of unbranched alkanes of at least 4 members (excludes halogenated alkanes) is 10. The van der Waals surface area contributed by atoms with Crippen LogP contribution in [0, 0.1) is 0 Å². The topological polar surface area (TPSA) is 27.7 Å². The zero-order valence-electron chi connectivity index (χ0n) is 20.1. The standard InChI is InChI=1S/C21H39O3Si.3CH3.Pt/c1-22-25(23-2,24-3)20-16-12-10-8-6-4-5-7-9-11-13-17-21-18-14-15-19-21;;;;/h14,18H,4-13,15-17,20H2,1-3H3;3*1H3;. The van der Waals surface area contributed by atoms with Crippen LogP contribution in [0.3, 0.4) is 0 Å². The van der Waals surface area contributed by atoms with Gasteiger partial charge in [-0.25, -0.2) is 0 Å². The van der Waals surface area contributed by atoms with Gasteiger partial charge in [0.05, 0.1) is 0 Å². The Morgan fingerprint density at radius 1 is 0.724 bits per heavy atom. The van der Waals surface area contributed by atoms with Crippen LogP contribution < -0.4 is 0 Å². The van der Waals surface area contributed by atoms with Gasteiger partial charge in [-0.3, -0.25) is 0 Å². The van der Waals surface area contributed by atoms with Crippen LogP contribution in [0.4, 0.5) is 0 Å². The van der Waals surface area contributed by atoms with E-state index in [-0.39, 0.29) is 0 Å². The van der Waals surface area contributed by atoms with Crippen molar-refractivity contribution in [2.24, 2.45) is 0 Å². The second-order valence-corrected chi connectivity index (χ2v) is 23.3. The quantitative estimate of drug-likeness (QED) is 0.117. The Kier molecular flexibility index (Phi) is 14.2. The van der Waals surface area contributed by atoms with E-state index < -0.39 is 24.9 Å². The summed E-state index contributed by atoms with van der Waals surface area (Å²) in [4.78, 5) is 0. The second-order valence-electron chi connectivity index (χ2n) is 8.61. The van der Waals surface area contributed by atoms with E-state index in [1.54, 1.807) is 26.9 Å². The molecular weight excluding hydrogens is 559 g/mol. The molecule has 1 rings (SSSR count). The van der Waals surface area contributed by atoms with Crippen molar-refractivity contribution in [2.45, 2.75) is 105 Å². The van der Waals surface area contributed by atoms with Gasteiger partial charge in [0.2, 0.25) is 0 Å². The van der Waals surface area contributed by atoms with Gasteiger partial charge >= 0.3 is 133 Å². The Morgan fingerprint density at radius 3 is 1.62 bits per heavy atom. The first-order valence-electron chi connectivity index (χ1n) is 11.3. The Morgan fingerprint density at radius 2 is 1.17 bits per heavy atom. The van der Waals surface area contributed by atoms with E-state index in [4.69, 9.17) is 13.3 Å². The summed E-state index contributed by atoms with van der Waals surface area (Å²) in [6.45, 7) is 0. The summed E-state index contributed by atoms with van der Waals surface area (Å²) in [6.07, 6.45) is 22.3. The van der Waals surface area contributed by atoms with Crippen LogP contribution in [0.1, 0.15) is 83.5 Å². The van der Waals surface area contributed by atoms with Crippen molar-refractivity contribution < 1.29 is 29.3 Å². The third-order valence-electron chi connectivity index (χ3n) is 5.87. The minimum Gasteiger partial charge on any atom is -0.377 e. The van der Waals surface area contributed by atoms with Crippen LogP contribution in [0.5, 0.6) is 0 Å². The van der Waals surface area contributed by atoms with E-state index in [9.17, 15) is 0 Å². The normalized spacial score (nSPS) is 15.5. The Labute approximate surface area is 186 Å². The number of rotatable bonds is 18. The van der Waals surface area contributed by atoms with E-state index in [2.05, 4.69) is 28.1 Å². The van der Waals surface area contributed by atoms with Crippen LogP contribution in [0.25, 0.3) is 0 Å². The van der Waals surface area contributed by atoms with Crippen molar-refractivity contribution in [1.82, 2.24) is 0 Å². The Hall–Kier alpha value is 0.265. The smallest absolute Gasteiger partial charge is 0.0272 e. The van der Waals surface area contributed by atoms with Gasteiger partial charge in [0.1, 0.15) is 0 Å². The first-order chi connectivity index (χ1) is 13.9. The summed E-state index contributed by atoms with van der Waals surface area (Å²) in [7, 11) is 2.76. The van der Waals surface area contributed by atoms with Crippen molar-refractivity contribution in [3.8, 4) is 0 Å². The molecule has 0 saturated heterocycles. The average molecular weight is 608 g/mol. The molecule has 0 aromatic heterocycles. The molecule has 3 nitrogen and oxygen atoms in total. The van der Waals surface area contributed by atoms with Gasteiger partial charge < -0.3 is 13.3 Å². The molecular formula is C24H48O3PtSi. The summed E-state index contributed by atoms with van der Waals surface area (Å²) in [5.41, 5.74) is 1.70. The third-order valence-corrected chi connectivity index (χ3v) is 14.0. The van der Waals surface area contributed by atoms with E-state index in [0.29, 0.717) is 0 Å². The minimum absolute atomic E-state index is 0.934. The molecule has 0 spiro atoms. The maximum Gasteiger partial charge on any atom is 0.0272 e. The van der Waals surface area contributed by atoms with Crippen molar-refractivity contribution in [2.75, 3.05) is 21.3 Å². The van der Waals surface area contributed by atoms with E-state index in [1.807, 2.05) is 3.96 Å². The molecule has 0 fully saturated rings. The number of hydrogen-bond acceptors (Lipinski definition) is 3. The first kappa shape index (κ1) is 27.3. The molecule has 1 aliphatic carbocycles. The van der Waals surface area contributed by atoms with Gasteiger partial charge in [-0.15, -0.1) is 0 Å². The van der Waals surface area contributed by atoms with Crippen LogP contribution in [0.15, 0.2) is 21.7 Å². The SMILES string of the molecule is CO[Si](CCCCCCCCCCCCCC1=[C]([Pt]([CH3])([CH3])[CH3])CC=C1)(OC)OC. The summed E-state index contributed by atoms with van der Waals surface area (Å²) in [5, 5.41) is 7.59. The summed E-state index contributed by atoms with van der Waals surface area (Å²) in [5.74, 6) is 0. The van der Waals surface area contributed by atoms with Crippen molar-refractivity contribution in [3.05, 3.63) is 21.7 Å². The second kappa shape index (κ2) is 15.1. The Balaban J connectivity index is 1.94. The molecule has 0 unspecified atom stereocenters. The molecule has 0 heterocycles. The third kappa shape index (κ3) is 10.9. The molecule has 1 aliphatic rings. The number of allylic oxidation sites excluding steroid dienone is 4. The van der Waals surface area contributed by atoms with E-state index in [1.165, 1.54) is 77.0 Å². The monoisotopic (exact) mass is 607 g/mol. The molecule has 29 heavy (non-hydrogen) atoms. The predicted octanol–water partition coefficient (Wildman–Crippen LogP) is 8.06. The maximum atomic E-state index is 5.48. The molecule has 0 aliphatic heterocycles. The average Bonchev–Trinajstić information content (AvgIpc) is 3.18. The largest absolute Gasteiger partial charge is 0.377 e. The van der Waals surface area contributed by atoms with E-state index in [0.717, 1.165) is 12.5 Å². The molecule has 0 bridgehead atoms. The van der Waals surface area contributed by atoms with Crippen LogP contribution in [-0.2, 0) is 29.3 Å². The minimum atomic E-state index is -2.34.